The Morgan fingerprint density at radius 2 is 0.944 bits per heavy atom. The monoisotopic (exact) mass is 1220 g/mol. The molecule has 0 aliphatic carbocycles. The maximum atomic E-state index is 13.1. The van der Waals surface area contributed by atoms with Crippen molar-refractivity contribution in [2.45, 2.75) is 233 Å². The maximum Gasteiger partial charge on any atom is 0.356 e. The van der Waals surface area contributed by atoms with Gasteiger partial charge in [0.1, 0.15) is 34.2 Å². The van der Waals surface area contributed by atoms with E-state index in [1.165, 1.54) is 75.3 Å². The standard InChI is InChI=1S/C73H96N4O12/c1-47-61(74)59-55(40-39-53-63(79)66(82)69(87-67(53)59)70(83)89-72(6,7)8)76(47)41-27-23-19-15-11-13-17-21-25-29-43-84-51-35-31-49(32-36-51)73(9,10)50-33-37-52(38-34-50)85-44-30-26-22-18-14-12-16-20-24-28-42-77-48(2)62(75)60-56(77)45-54-58(65(81)64(54)80)68(60)86-46-57(78)88-71(3,4)5/h31-40,45,69H,11-30,41-44,46,74-75H2,1-10H3. The van der Waals surface area contributed by atoms with E-state index in [1.807, 2.05) is 19.9 Å². The molecule has 1 atom stereocenters. The summed E-state index contributed by atoms with van der Waals surface area (Å²) in [6.07, 6.45) is 21.2. The molecule has 89 heavy (non-hydrogen) atoms. The van der Waals surface area contributed by atoms with E-state index >= 15 is 0 Å². The van der Waals surface area contributed by atoms with Crippen LogP contribution in [0.1, 0.15) is 217 Å². The van der Waals surface area contributed by atoms with Crippen molar-refractivity contribution >= 4 is 67.5 Å². The molecular formula is C73H96N4O12. The summed E-state index contributed by atoms with van der Waals surface area (Å²) in [6.45, 7) is 21.3. The molecule has 0 spiro atoms. The number of Topliss-reactive ketones (excluding diaryl/α,β-unsaturated/α-hetero) is 2. The van der Waals surface area contributed by atoms with Gasteiger partial charge in [-0.1, -0.05) is 141 Å². The summed E-state index contributed by atoms with van der Waals surface area (Å²) in [5.41, 5.74) is 17.1. The molecule has 8 rings (SSSR count). The van der Waals surface area contributed by atoms with Gasteiger partial charge in [-0.3, -0.25) is 19.2 Å². The van der Waals surface area contributed by atoms with Crippen molar-refractivity contribution in [3.8, 4) is 23.0 Å². The minimum Gasteiger partial charge on any atom is -0.494 e. The first kappa shape index (κ1) is 67.3. The number of ether oxygens (including phenoxy) is 6. The fourth-order valence-corrected chi connectivity index (χ4v) is 12.3. The molecule has 0 bridgehead atoms. The first-order valence-electron chi connectivity index (χ1n) is 32.6. The summed E-state index contributed by atoms with van der Waals surface area (Å²) < 4.78 is 39.2. The summed E-state index contributed by atoms with van der Waals surface area (Å²) in [5, 5.41) is 1.60. The molecule has 0 saturated carbocycles. The molecule has 0 fully saturated rings. The van der Waals surface area contributed by atoms with E-state index in [4.69, 9.17) is 39.9 Å². The van der Waals surface area contributed by atoms with Crippen molar-refractivity contribution in [2.75, 3.05) is 31.3 Å². The smallest absolute Gasteiger partial charge is 0.356 e. The Bertz CT molecular complexity index is 3680. The number of fused-ring (bicyclic) bond motifs is 5. The quantitative estimate of drug-likeness (QED) is 0.0166. The lowest BCUT2D eigenvalue weighted by molar-refractivity contribution is -0.165. The molecule has 1 aliphatic heterocycles. The van der Waals surface area contributed by atoms with Crippen LogP contribution in [0.2, 0.25) is 0 Å². The minimum atomic E-state index is -1.66. The number of anilines is 2. The summed E-state index contributed by atoms with van der Waals surface area (Å²) >= 11 is 0. The Hall–Kier alpha value is -7.62. The van der Waals surface area contributed by atoms with Crippen molar-refractivity contribution < 1.29 is 47.6 Å². The molecule has 1 aliphatic rings. The van der Waals surface area contributed by atoms with Crippen molar-refractivity contribution in [1.29, 1.82) is 0 Å². The van der Waals surface area contributed by atoms with Gasteiger partial charge in [0, 0.05) is 35.3 Å². The lowest BCUT2D eigenvalue weighted by Gasteiger charge is -2.27. The highest BCUT2D eigenvalue weighted by Crippen LogP contribution is 2.43. The number of aromatic nitrogens is 2. The van der Waals surface area contributed by atoms with Gasteiger partial charge in [0.2, 0.25) is 16.6 Å². The SMILES string of the molecule is Cc1c(N)c2c3c(ccc2n1CCCCCCCCCCCCOc1ccc(C(C)(C)c2ccc(OCCCCCCCCCCCCn4c(C)c(N)c5c(OCC(=O)OC(C)(C)C)c6c(=O)c(=O)c6cc54)cc2)cc1)C(=O)C(=O)C(C(=O)OC(C)(C)C)O3. The number of rotatable bonds is 34. The Kier molecular flexibility index (Phi) is 22.5. The van der Waals surface area contributed by atoms with Gasteiger partial charge in [0.25, 0.3) is 11.9 Å². The number of esters is 2. The third-order valence-corrected chi connectivity index (χ3v) is 17.3. The van der Waals surface area contributed by atoms with Gasteiger partial charge in [-0.15, -0.1) is 0 Å². The third-order valence-electron chi connectivity index (χ3n) is 17.3. The number of ketones is 2. The number of benzene rings is 4. The molecule has 480 valence electrons. The Morgan fingerprint density at radius 3 is 1.42 bits per heavy atom. The van der Waals surface area contributed by atoms with Crippen LogP contribution in [0.3, 0.4) is 0 Å². The average Bonchev–Trinajstić information content (AvgIpc) is 2.18. The molecule has 1 unspecified atom stereocenters. The Balaban J connectivity index is 0.633. The van der Waals surface area contributed by atoms with Crippen LogP contribution in [0.5, 0.6) is 23.0 Å². The number of unbranched alkanes of at least 4 members (excludes halogenated alkanes) is 18. The van der Waals surface area contributed by atoms with Crippen LogP contribution in [-0.4, -0.2) is 69.8 Å². The van der Waals surface area contributed by atoms with Gasteiger partial charge in [0.05, 0.1) is 57.3 Å². The zero-order valence-electron chi connectivity index (χ0n) is 54.6. The van der Waals surface area contributed by atoms with E-state index in [2.05, 4.69) is 71.5 Å². The van der Waals surface area contributed by atoms with Crippen LogP contribution in [0.15, 0.2) is 76.3 Å². The maximum absolute atomic E-state index is 13.1. The highest BCUT2D eigenvalue weighted by Gasteiger charge is 2.44. The number of nitrogens with two attached hydrogens (primary N) is 2. The summed E-state index contributed by atoms with van der Waals surface area (Å²) in [4.78, 5) is 76.4. The second-order valence-electron chi connectivity index (χ2n) is 26.9. The fourth-order valence-electron chi connectivity index (χ4n) is 12.3. The predicted octanol–water partition coefficient (Wildman–Crippen LogP) is 15.0. The van der Waals surface area contributed by atoms with Crippen LogP contribution in [0.25, 0.3) is 32.6 Å². The number of nitrogens with zero attached hydrogens (tertiary/aromatic N) is 2. The van der Waals surface area contributed by atoms with E-state index in [9.17, 15) is 28.8 Å². The lowest BCUT2D eigenvalue weighted by Crippen LogP contribution is -2.46. The topological polar surface area (TPSA) is 220 Å². The molecule has 0 saturated heterocycles. The minimum absolute atomic E-state index is 0.113. The van der Waals surface area contributed by atoms with E-state index in [-0.39, 0.29) is 27.9 Å². The number of nitrogen functional groups attached to an aromatic ring is 2. The molecular weight excluding hydrogens is 1120 g/mol. The molecule has 0 amide bonds. The number of carbonyl (C=O) groups is 4. The second-order valence-corrected chi connectivity index (χ2v) is 26.9. The number of hydrogen-bond donors (Lipinski definition) is 2. The summed E-state index contributed by atoms with van der Waals surface area (Å²) in [6, 6.07) is 22.2. The first-order valence-corrected chi connectivity index (χ1v) is 32.6. The van der Waals surface area contributed by atoms with Crippen LogP contribution >= 0.6 is 0 Å². The average molecular weight is 1220 g/mol. The van der Waals surface area contributed by atoms with E-state index < -0.39 is 58.3 Å². The van der Waals surface area contributed by atoms with E-state index in [1.54, 1.807) is 53.7 Å². The van der Waals surface area contributed by atoms with Crippen LogP contribution in [-0.2, 0) is 42.4 Å². The number of aryl methyl sites for hydroxylation is 2. The van der Waals surface area contributed by atoms with Crippen LogP contribution < -0.4 is 41.3 Å². The zero-order valence-corrected chi connectivity index (χ0v) is 54.6. The molecule has 16 heteroatoms. The van der Waals surface area contributed by atoms with Gasteiger partial charge in [-0.05, 0) is 135 Å². The van der Waals surface area contributed by atoms with Crippen molar-refractivity contribution in [1.82, 2.24) is 9.13 Å². The van der Waals surface area contributed by atoms with Crippen LogP contribution in [0, 0.1) is 13.8 Å². The van der Waals surface area contributed by atoms with Gasteiger partial charge in [-0.2, -0.15) is 0 Å². The van der Waals surface area contributed by atoms with Crippen molar-refractivity contribution in [3.05, 3.63) is 115 Å². The van der Waals surface area contributed by atoms with Gasteiger partial charge >= 0.3 is 11.9 Å². The largest absolute Gasteiger partial charge is 0.494 e. The van der Waals surface area contributed by atoms with Crippen molar-refractivity contribution in [3.63, 3.8) is 0 Å². The van der Waals surface area contributed by atoms with Gasteiger partial charge in [0.15, 0.2) is 6.61 Å². The number of carbonyl (C=O) groups excluding carboxylic acids is 4. The fraction of sp³-hybridized carbons (Fsp3) is 0.534. The Morgan fingerprint density at radius 1 is 0.506 bits per heavy atom. The molecule has 3 heterocycles. The third kappa shape index (κ3) is 16.6. The normalized spacial score (nSPS) is 13.8. The highest BCUT2D eigenvalue weighted by molar-refractivity contribution is 6.50. The summed E-state index contributed by atoms with van der Waals surface area (Å²) in [7, 11) is 0. The molecule has 4 N–H and O–H groups in total. The molecule has 2 aromatic heterocycles. The zero-order chi connectivity index (χ0) is 64.2. The molecule has 0 radical (unpaired) electrons. The molecule has 7 aromatic rings. The second kappa shape index (κ2) is 29.8. The Labute approximate surface area is 524 Å². The van der Waals surface area contributed by atoms with Crippen molar-refractivity contribution in [2.24, 2.45) is 0 Å². The summed E-state index contributed by atoms with van der Waals surface area (Å²) in [5.74, 6) is -1.02. The molecule has 5 aromatic carbocycles. The van der Waals surface area contributed by atoms with E-state index in [0.717, 1.165) is 111 Å². The lowest BCUT2D eigenvalue weighted by atomic mass is 9.78. The van der Waals surface area contributed by atoms with Crippen LogP contribution in [0.4, 0.5) is 11.4 Å². The van der Waals surface area contributed by atoms with Gasteiger partial charge in [-0.25, -0.2) is 9.59 Å². The van der Waals surface area contributed by atoms with E-state index in [0.29, 0.717) is 40.7 Å². The van der Waals surface area contributed by atoms with Gasteiger partial charge < -0.3 is 49.0 Å². The first-order chi connectivity index (χ1) is 42.4. The number of hydrogen-bond acceptors (Lipinski definition) is 14. The molecule has 16 nitrogen and oxygen atoms in total. The predicted molar refractivity (Wildman–Crippen MR) is 354 cm³/mol. The highest BCUT2D eigenvalue weighted by atomic mass is 16.6.